The average Bonchev–Trinajstić information content (AvgIpc) is 3.00. The maximum absolute atomic E-state index is 11.8. The van der Waals surface area contributed by atoms with Crippen molar-refractivity contribution in [1.29, 1.82) is 0 Å². The molecule has 3 aromatic rings. The van der Waals surface area contributed by atoms with Gasteiger partial charge >= 0.3 is 6.09 Å². The van der Waals surface area contributed by atoms with Gasteiger partial charge in [-0.15, -0.1) is 10.2 Å². The Morgan fingerprint density at radius 3 is 2.62 bits per heavy atom. The van der Waals surface area contributed by atoms with Gasteiger partial charge in [0.25, 0.3) is 0 Å². The normalized spacial score (nSPS) is 11.2. The monoisotopic (exact) mass is 395 g/mol. The molecule has 0 aliphatic rings. The Kier molecular flexibility index (Phi) is 5.81. The number of aromatic nitrogens is 4. The van der Waals surface area contributed by atoms with Gasteiger partial charge in [-0.05, 0) is 57.5 Å². The summed E-state index contributed by atoms with van der Waals surface area (Å²) in [6.45, 7) is 7.73. The van der Waals surface area contributed by atoms with Crippen LogP contribution in [0.25, 0.3) is 11.5 Å². The van der Waals surface area contributed by atoms with Crippen molar-refractivity contribution in [1.82, 2.24) is 19.7 Å². The lowest BCUT2D eigenvalue weighted by Gasteiger charge is -2.19. The lowest BCUT2D eigenvalue weighted by molar-refractivity contribution is 0.0636. The second-order valence-electron chi connectivity index (χ2n) is 7.66. The Morgan fingerprint density at radius 1 is 1.17 bits per heavy atom. The van der Waals surface area contributed by atoms with Crippen molar-refractivity contribution in [3.8, 4) is 17.3 Å². The lowest BCUT2D eigenvalue weighted by Crippen LogP contribution is -2.27. The summed E-state index contributed by atoms with van der Waals surface area (Å²) in [5.41, 5.74) is 1.74. The van der Waals surface area contributed by atoms with Crippen LogP contribution in [0.2, 0.25) is 0 Å². The van der Waals surface area contributed by atoms with E-state index in [-0.39, 0.29) is 0 Å². The number of carbonyl (C=O) groups is 1. The van der Waals surface area contributed by atoms with E-state index in [1.165, 1.54) is 0 Å². The van der Waals surface area contributed by atoms with Crippen molar-refractivity contribution in [2.75, 3.05) is 5.32 Å². The lowest BCUT2D eigenvalue weighted by atomic mass is 10.2. The fourth-order valence-electron chi connectivity index (χ4n) is 2.58. The van der Waals surface area contributed by atoms with Gasteiger partial charge in [0.05, 0.1) is 11.9 Å². The van der Waals surface area contributed by atoms with E-state index in [0.29, 0.717) is 29.6 Å². The molecule has 0 atom stereocenters. The van der Waals surface area contributed by atoms with Crippen molar-refractivity contribution in [3.05, 3.63) is 54.0 Å². The molecule has 0 aliphatic heterocycles. The Labute approximate surface area is 169 Å². The van der Waals surface area contributed by atoms with Crippen LogP contribution >= 0.6 is 0 Å². The molecule has 1 N–H and O–H groups in total. The second-order valence-corrected chi connectivity index (χ2v) is 7.66. The molecular formula is C21H25N5O3. The molecule has 0 unspecified atom stereocenters. The van der Waals surface area contributed by atoms with Crippen LogP contribution in [-0.4, -0.2) is 31.4 Å². The summed E-state index contributed by atoms with van der Waals surface area (Å²) in [6, 6.07) is 11.3. The third kappa shape index (κ3) is 5.54. The fraction of sp³-hybridized carbons (Fsp3) is 0.333. The summed E-state index contributed by atoms with van der Waals surface area (Å²) in [7, 11) is 1.86. The number of ether oxygens (including phenoxy) is 2. The number of carbonyl (C=O) groups excluding carboxylic acids is 1. The molecule has 0 aliphatic carbocycles. The minimum Gasteiger partial charge on any atom is -0.486 e. The molecule has 152 valence electrons. The van der Waals surface area contributed by atoms with Gasteiger partial charge in [-0.25, -0.2) is 4.79 Å². The number of rotatable bonds is 5. The largest absolute Gasteiger partial charge is 0.486 e. The van der Waals surface area contributed by atoms with E-state index in [0.717, 1.165) is 11.3 Å². The van der Waals surface area contributed by atoms with Gasteiger partial charge in [0.15, 0.2) is 11.6 Å². The highest BCUT2D eigenvalue weighted by molar-refractivity contribution is 5.84. The van der Waals surface area contributed by atoms with Crippen LogP contribution in [0.5, 0.6) is 5.75 Å². The van der Waals surface area contributed by atoms with Gasteiger partial charge in [0.1, 0.15) is 23.7 Å². The van der Waals surface area contributed by atoms with Gasteiger partial charge < -0.3 is 14.0 Å². The van der Waals surface area contributed by atoms with Crippen LogP contribution in [0.15, 0.2) is 42.6 Å². The summed E-state index contributed by atoms with van der Waals surface area (Å²) in [4.78, 5) is 16.2. The van der Waals surface area contributed by atoms with Gasteiger partial charge in [-0.2, -0.15) is 0 Å². The molecule has 0 saturated carbocycles. The Bertz CT molecular complexity index is 990. The molecule has 8 nitrogen and oxygen atoms in total. The number of hydrogen-bond acceptors (Lipinski definition) is 6. The molecule has 2 heterocycles. The molecule has 0 radical (unpaired) electrons. The highest BCUT2D eigenvalue weighted by Gasteiger charge is 2.17. The van der Waals surface area contributed by atoms with Gasteiger partial charge in [-0.1, -0.05) is 12.1 Å². The zero-order valence-electron chi connectivity index (χ0n) is 17.3. The van der Waals surface area contributed by atoms with Crippen molar-refractivity contribution < 1.29 is 14.3 Å². The molecule has 0 saturated heterocycles. The minimum absolute atomic E-state index is 0.297. The van der Waals surface area contributed by atoms with Crippen molar-refractivity contribution in [2.45, 2.75) is 39.9 Å². The van der Waals surface area contributed by atoms with Crippen LogP contribution in [0.1, 0.15) is 32.2 Å². The molecule has 0 spiro atoms. The van der Waals surface area contributed by atoms with E-state index in [4.69, 9.17) is 9.47 Å². The van der Waals surface area contributed by atoms with Gasteiger partial charge in [0, 0.05) is 7.05 Å². The first kappa shape index (κ1) is 20.3. The van der Waals surface area contributed by atoms with Crippen LogP contribution in [0.3, 0.4) is 0 Å². The average molecular weight is 395 g/mol. The molecule has 1 aromatic carbocycles. The Morgan fingerprint density at radius 2 is 1.97 bits per heavy atom. The molecule has 0 fully saturated rings. The second kappa shape index (κ2) is 8.30. The molecule has 2 aromatic heterocycles. The maximum Gasteiger partial charge on any atom is 0.412 e. The van der Waals surface area contributed by atoms with E-state index in [2.05, 4.69) is 20.5 Å². The summed E-state index contributed by atoms with van der Waals surface area (Å²) in [5, 5.41) is 11.1. The van der Waals surface area contributed by atoms with E-state index < -0.39 is 11.7 Å². The van der Waals surface area contributed by atoms with Crippen LogP contribution in [0.4, 0.5) is 10.5 Å². The maximum atomic E-state index is 11.8. The fourth-order valence-corrected chi connectivity index (χ4v) is 2.58. The van der Waals surface area contributed by atoms with Crippen LogP contribution in [-0.2, 0) is 18.4 Å². The number of nitrogens with one attached hydrogen (secondary N) is 1. The number of anilines is 1. The first-order valence-corrected chi connectivity index (χ1v) is 9.25. The minimum atomic E-state index is -0.562. The molecule has 3 rings (SSSR count). The van der Waals surface area contributed by atoms with Crippen molar-refractivity contribution in [3.63, 3.8) is 0 Å². The van der Waals surface area contributed by atoms with Crippen molar-refractivity contribution in [2.24, 2.45) is 7.05 Å². The smallest absolute Gasteiger partial charge is 0.412 e. The number of pyridine rings is 1. The standard InChI is InChI=1S/C21H25N5O3/c1-14-7-6-8-16(11-14)28-13-18-24-25-19(26(18)5)17-10-9-15(12-22-17)23-20(27)29-21(2,3)4/h6-12H,13H2,1-5H3,(H,23,27). The molecule has 1 amide bonds. The summed E-state index contributed by atoms with van der Waals surface area (Å²) in [5.74, 6) is 2.07. The Balaban J connectivity index is 1.66. The van der Waals surface area contributed by atoms with E-state index in [1.807, 2.05) is 63.6 Å². The molecule has 0 bridgehead atoms. The highest BCUT2D eigenvalue weighted by atomic mass is 16.6. The van der Waals surface area contributed by atoms with E-state index >= 15 is 0 Å². The van der Waals surface area contributed by atoms with Crippen molar-refractivity contribution >= 4 is 11.8 Å². The SMILES string of the molecule is Cc1cccc(OCc2nnc(-c3ccc(NC(=O)OC(C)(C)C)cn3)n2C)c1. The van der Waals surface area contributed by atoms with Gasteiger partial charge in [0.2, 0.25) is 0 Å². The molecule has 29 heavy (non-hydrogen) atoms. The molecule has 8 heteroatoms. The predicted octanol–water partition coefficient (Wildman–Crippen LogP) is 4.11. The van der Waals surface area contributed by atoms with Crippen LogP contribution < -0.4 is 10.1 Å². The van der Waals surface area contributed by atoms with E-state index in [9.17, 15) is 4.79 Å². The summed E-state index contributed by atoms with van der Waals surface area (Å²) in [6.07, 6.45) is 1.03. The summed E-state index contributed by atoms with van der Waals surface area (Å²) < 4.78 is 12.9. The number of benzene rings is 1. The summed E-state index contributed by atoms with van der Waals surface area (Å²) >= 11 is 0. The topological polar surface area (TPSA) is 91.2 Å². The number of aryl methyl sites for hydroxylation is 1. The zero-order valence-corrected chi connectivity index (χ0v) is 17.3. The quantitative estimate of drug-likeness (QED) is 0.699. The molecular weight excluding hydrogens is 370 g/mol. The van der Waals surface area contributed by atoms with E-state index in [1.54, 1.807) is 18.3 Å². The predicted molar refractivity (Wildman–Crippen MR) is 110 cm³/mol. The first-order chi connectivity index (χ1) is 13.7. The number of amides is 1. The first-order valence-electron chi connectivity index (χ1n) is 9.25. The Hall–Kier alpha value is -3.42. The third-order valence-corrected chi connectivity index (χ3v) is 3.96. The third-order valence-electron chi connectivity index (χ3n) is 3.96. The highest BCUT2D eigenvalue weighted by Crippen LogP contribution is 2.19. The van der Waals surface area contributed by atoms with Gasteiger partial charge in [-0.3, -0.25) is 10.3 Å². The zero-order chi connectivity index (χ0) is 21.0. The number of nitrogens with zero attached hydrogens (tertiary/aromatic N) is 4. The number of hydrogen-bond donors (Lipinski definition) is 1. The van der Waals surface area contributed by atoms with Crippen LogP contribution in [0, 0.1) is 6.92 Å².